The predicted molar refractivity (Wildman–Crippen MR) is 48.7 cm³/mol. The molecule has 1 aromatic carbocycles. The van der Waals surface area contributed by atoms with Crippen LogP contribution in [0.4, 0.5) is 0 Å². The van der Waals surface area contributed by atoms with Gasteiger partial charge in [-0.25, -0.2) is 0 Å². The molecule has 0 atom stereocenters. The van der Waals surface area contributed by atoms with Crippen LogP contribution in [0.5, 0.6) is 5.75 Å². The molecule has 1 aromatic rings. The number of methoxy groups -OCH3 is 1. The standard InChI is InChI=1S/C10H12O3/c1-12-8-9-3-2-4-10(7-9)13-6-5-11/h2-5,7H,6,8H2,1H3. The van der Waals surface area contributed by atoms with E-state index in [1.54, 1.807) is 7.11 Å². The summed E-state index contributed by atoms with van der Waals surface area (Å²) in [5, 5.41) is 0. The molecule has 3 heteroatoms. The highest BCUT2D eigenvalue weighted by atomic mass is 16.5. The smallest absolute Gasteiger partial charge is 0.157 e. The third kappa shape index (κ3) is 3.25. The highest BCUT2D eigenvalue weighted by Crippen LogP contribution is 2.13. The number of ether oxygens (including phenoxy) is 2. The van der Waals surface area contributed by atoms with Gasteiger partial charge in [-0.3, -0.25) is 4.79 Å². The number of benzene rings is 1. The molecule has 0 radical (unpaired) electrons. The van der Waals surface area contributed by atoms with Crippen molar-refractivity contribution in [1.29, 1.82) is 0 Å². The van der Waals surface area contributed by atoms with E-state index >= 15 is 0 Å². The minimum Gasteiger partial charge on any atom is -0.486 e. The first-order valence-electron chi connectivity index (χ1n) is 4.01. The van der Waals surface area contributed by atoms with E-state index in [2.05, 4.69) is 0 Å². The third-order valence-electron chi connectivity index (χ3n) is 1.53. The molecule has 13 heavy (non-hydrogen) atoms. The normalized spacial score (nSPS) is 9.62. The Morgan fingerprint density at radius 1 is 1.46 bits per heavy atom. The maximum atomic E-state index is 10.0. The van der Waals surface area contributed by atoms with E-state index in [0.29, 0.717) is 12.4 Å². The fourth-order valence-corrected chi connectivity index (χ4v) is 1.02. The van der Waals surface area contributed by atoms with Crippen molar-refractivity contribution in [2.75, 3.05) is 13.7 Å². The van der Waals surface area contributed by atoms with Crippen LogP contribution < -0.4 is 4.74 Å². The van der Waals surface area contributed by atoms with Gasteiger partial charge < -0.3 is 9.47 Å². The van der Waals surface area contributed by atoms with Crippen molar-refractivity contribution in [2.45, 2.75) is 6.61 Å². The van der Waals surface area contributed by atoms with E-state index in [1.165, 1.54) is 0 Å². The van der Waals surface area contributed by atoms with Gasteiger partial charge >= 0.3 is 0 Å². The summed E-state index contributed by atoms with van der Waals surface area (Å²) in [6.07, 6.45) is 0.725. The highest BCUT2D eigenvalue weighted by molar-refractivity contribution is 5.51. The Bertz CT molecular complexity index is 271. The lowest BCUT2D eigenvalue weighted by atomic mass is 10.2. The Kier molecular flexibility index (Phi) is 3.99. The van der Waals surface area contributed by atoms with E-state index in [1.807, 2.05) is 24.3 Å². The molecular weight excluding hydrogens is 168 g/mol. The van der Waals surface area contributed by atoms with E-state index in [9.17, 15) is 4.79 Å². The van der Waals surface area contributed by atoms with Crippen molar-refractivity contribution < 1.29 is 14.3 Å². The summed E-state index contributed by atoms with van der Waals surface area (Å²) in [5.41, 5.74) is 1.03. The summed E-state index contributed by atoms with van der Waals surface area (Å²) >= 11 is 0. The van der Waals surface area contributed by atoms with Gasteiger partial charge in [0.15, 0.2) is 6.29 Å². The van der Waals surface area contributed by atoms with Gasteiger partial charge in [-0.15, -0.1) is 0 Å². The molecule has 0 bridgehead atoms. The lowest BCUT2D eigenvalue weighted by molar-refractivity contribution is -0.109. The molecule has 0 N–H and O–H groups in total. The molecule has 1 rings (SSSR count). The van der Waals surface area contributed by atoms with Gasteiger partial charge in [0.05, 0.1) is 6.61 Å². The zero-order valence-corrected chi connectivity index (χ0v) is 7.53. The van der Waals surface area contributed by atoms with Gasteiger partial charge in [0.25, 0.3) is 0 Å². The molecule has 0 aromatic heterocycles. The average molecular weight is 180 g/mol. The van der Waals surface area contributed by atoms with Crippen LogP contribution in [0.2, 0.25) is 0 Å². The molecule has 0 spiro atoms. The van der Waals surface area contributed by atoms with E-state index < -0.39 is 0 Å². The summed E-state index contributed by atoms with van der Waals surface area (Å²) < 4.78 is 10.1. The van der Waals surface area contributed by atoms with Crippen LogP contribution in [0.1, 0.15) is 5.56 Å². The van der Waals surface area contributed by atoms with E-state index in [-0.39, 0.29) is 6.61 Å². The van der Waals surface area contributed by atoms with Gasteiger partial charge in [-0.05, 0) is 17.7 Å². The quantitative estimate of drug-likeness (QED) is 0.643. The molecule has 0 aliphatic heterocycles. The average Bonchev–Trinajstić information content (AvgIpc) is 2.16. The number of aldehydes is 1. The van der Waals surface area contributed by atoms with Crippen LogP contribution >= 0.6 is 0 Å². The van der Waals surface area contributed by atoms with Crippen molar-refractivity contribution in [3.05, 3.63) is 29.8 Å². The van der Waals surface area contributed by atoms with Gasteiger partial charge in [0.1, 0.15) is 12.4 Å². The Morgan fingerprint density at radius 3 is 3.00 bits per heavy atom. The highest BCUT2D eigenvalue weighted by Gasteiger charge is 1.95. The van der Waals surface area contributed by atoms with Crippen molar-refractivity contribution in [3.63, 3.8) is 0 Å². The van der Waals surface area contributed by atoms with Crippen molar-refractivity contribution in [1.82, 2.24) is 0 Å². The summed E-state index contributed by atoms with van der Waals surface area (Å²) in [7, 11) is 1.64. The van der Waals surface area contributed by atoms with Crippen LogP contribution in [0.15, 0.2) is 24.3 Å². The molecule has 0 aliphatic carbocycles. The lowest BCUT2D eigenvalue weighted by Gasteiger charge is -2.04. The lowest BCUT2D eigenvalue weighted by Crippen LogP contribution is -1.98. The Balaban J connectivity index is 2.61. The van der Waals surface area contributed by atoms with Crippen LogP contribution in [-0.4, -0.2) is 20.0 Å². The summed E-state index contributed by atoms with van der Waals surface area (Å²) in [6.45, 7) is 0.648. The Labute approximate surface area is 77.3 Å². The number of hydrogen-bond donors (Lipinski definition) is 0. The zero-order chi connectivity index (χ0) is 9.52. The fourth-order valence-electron chi connectivity index (χ4n) is 1.02. The summed E-state index contributed by atoms with van der Waals surface area (Å²) in [6, 6.07) is 7.47. The molecule has 70 valence electrons. The second kappa shape index (κ2) is 5.32. The molecule has 0 amide bonds. The number of rotatable bonds is 5. The zero-order valence-electron chi connectivity index (χ0n) is 7.53. The van der Waals surface area contributed by atoms with Crippen molar-refractivity contribution in [3.8, 4) is 5.75 Å². The van der Waals surface area contributed by atoms with Gasteiger partial charge in [-0.1, -0.05) is 12.1 Å². The topological polar surface area (TPSA) is 35.5 Å². The van der Waals surface area contributed by atoms with Crippen LogP contribution in [0, 0.1) is 0 Å². The van der Waals surface area contributed by atoms with E-state index in [0.717, 1.165) is 11.8 Å². The summed E-state index contributed by atoms with van der Waals surface area (Å²) in [4.78, 5) is 10.0. The molecule has 0 saturated heterocycles. The Hall–Kier alpha value is -1.35. The first-order chi connectivity index (χ1) is 6.36. The largest absolute Gasteiger partial charge is 0.486 e. The SMILES string of the molecule is COCc1cccc(OCC=O)c1. The maximum absolute atomic E-state index is 10.0. The van der Waals surface area contributed by atoms with Crippen LogP contribution in [0.25, 0.3) is 0 Å². The minimum atomic E-state index is 0.0937. The molecule has 0 unspecified atom stereocenters. The number of hydrogen-bond acceptors (Lipinski definition) is 3. The molecular formula is C10H12O3. The number of carbonyl (C=O) groups excluding carboxylic acids is 1. The van der Waals surface area contributed by atoms with Gasteiger partial charge in [0.2, 0.25) is 0 Å². The van der Waals surface area contributed by atoms with Crippen LogP contribution in [0.3, 0.4) is 0 Å². The molecule has 3 nitrogen and oxygen atoms in total. The van der Waals surface area contributed by atoms with E-state index in [4.69, 9.17) is 9.47 Å². The third-order valence-corrected chi connectivity index (χ3v) is 1.53. The maximum Gasteiger partial charge on any atom is 0.157 e. The first kappa shape index (κ1) is 9.74. The molecule has 0 aliphatic rings. The molecule has 0 fully saturated rings. The fraction of sp³-hybridized carbons (Fsp3) is 0.300. The summed E-state index contributed by atoms with van der Waals surface area (Å²) in [5.74, 6) is 0.696. The number of carbonyl (C=O) groups is 1. The second-order valence-electron chi connectivity index (χ2n) is 2.56. The van der Waals surface area contributed by atoms with Crippen molar-refractivity contribution >= 4 is 6.29 Å². The van der Waals surface area contributed by atoms with Crippen molar-refractivity contribution in [2.24, 2.45) is 0 Å². The minimum absolute atomic E-state index is 0.0937. The van der Waals surface area contributed by atoms with Gasteiger partial charge in [-0.2, -0.15) is 0 Å². The second-order valence-corrected chi connectivity index (χ2v) is 2.56. The Morgan fingerprint density at radius 2 is 2.31 bits per heavy atom. The molecule has 0 heterocycles. The first-order valence-corrected chi connectivity index (χ1v) is 4.01. The van der Waals surface area contributed by atoms with Crippen LogP contribution in [-0.2, 0) is 16.1 Å². The molecule has 0 saturated carbocycles. The monoisotopic (exact) mass is 180 g/mol. The predicted octanol–water partition coefficient (Wildman–Crippen LogP) is 1.41. The van der Waals surface area contributed by atoms with Gasteiger partial charge in [0, 0.05) is 7.11 Å².